The van der Waals surface area contributed by atoms with Gasteiger partial charge in [-0.15, -0.1) is 0 Å². The van der Waals surface area contributed by atoms with Crippen LogP contribution in [0.15, 0.2) is 61.2 Å². The number of anilines is 1. The molecule has 0 amide bonds. The summed E-state index contributed by atoms with van der Waals surface area (Å²) in [7, 11) is 0. The zero-order valence-corrected chi connectivity index (χ0v) is 11.8. The van der Waals surface area contributed by atoms with Crippen molar-refractivity contribution in [1.29, 1.82) is 0 Å². The van der Waals surface area contributed by atoms with Crippen LogP contribution in [0.4, 0.5) is 5.95 Å². The van der Waals surface area contributed by atoms with Gasteiger partial charge in [-0.2, -0.15) is 5.10 Å². The van der Waals surface area contributed by atoms with Gasteiger partial charge in [0.1, 0.15) is 0 Å². The maximum Gasteiger partial charge on any atom is 0.223 e. The summed E-state index contributed by atoms with van der Waals surface area (Å²) in [4.78, 5) is 8.34. The number of hydrogen-bond acceptors (Lipinski definition) is 4. The molecule has 106 valence electrons. The van der Waals surface area contributed by atoms with Crippen molar-refractivity contribution in [3.05, 3.63) is 72.3 Å². The Morgan fingerprint density at radius 2 is 1.86 bits per heavy atom. The maximum absolute atomic E-state index is 4.41. The Labute approximate surface area is 123 Å². The summed E-state index contributed by atoms with van der Waals surface area (Å²) in [5.41, 5.74) is 2.34. The lowest BCUT2D eigenvalue weighted by Crippen LogP contribution is -2.08. The molecule has 0 saturated carbocycles. The van der Waals surface area contributed by atoms with Gasteiger partial charge < -0.3 is 5.32 Å². The summed E-state index contributed by atoms with van der Waals surface area (Å²) in [6.07, 6.45) is 7.37. The molecule has 3 rings (SSSR count). The lowest BCUT2D eigenvalue weighted by atomic mass is 10.2. The standard InChI is InChI=1S/C16H17N5/c1-13(20-16-17-8-5-9-18-16)15-10-19-21(12-15)11-14-6-3-2-4-7-14/h2-10,12-13H,11H2,1H3,(H,17,18,20). The van der Waals surface area contributed by atoms with E-state index in [9.17, 15) is 0 Å². The van der Waals surface area contributed by atoms with Gasteiger partial charge in [0.15, 0.2) is 0 Å². The van der Waals surface area contributed by atoms with E-state index >= 15 is 0 Å². The van der Waals surface area contributed by atoms with Crippen molar-refractivity contribution >= 4 is 5.95 Å². The zero-order valence-electron chi connectivity index (χ0n) is 11.8. The van der Waals surface area contributed by atoms with Gasteiger partial charge in [-0.05, 0) is 18.6 Å². The van der Waals surface area contributed by atoms with Crippen molar-refractivity contribution in [1.82, 2.24) is 19.7 Å². The van der Waals surface area contributed by atoms with Crippen LogP contribution in [0.2, 0.25) is 0 Å². The van der Waals surface area contributed by atoms with Crippen LogP contribution < -0.4 is 5.32 Å². The largest absolute Gasteiger partial charge is 0.348 e. The molecule has 0 spiro atoms. The molecule has 2 heterocycles. The molecule has 21 heavy (non-hydrogen) atoms. The molecule has 5 nitrogen and oxygen atoms in total. The number of nitrogens with one attached hydrogen (secondary N) is 1. The first-order chi connectivity index (χ1) is 10.3. The lowest BCUT2D eigenvalue weighted by molar-refractivity contribution is 0.685. The minimum Gasteiger partial charge on any atom is -0.348 e. The first-order valence-corrected chi connectivity index (χ1v) is 6.91. The van der Waals surface area contributed by atoms with Crippen LogP contribution >= 0.6 is 0 Å². The molecule has 1 atom stereocenters. The Bertz CT molecular complexity index is 678. The second kappa shape index (κ2) is 6.17. The highest BCUT2D eigenvalue weighted by Crippen LogP contribution is 2.16. The molecule has 0 fully saturated rings. The van der Waals surface area contributed by atoms with Crippen molar-refractivity contribution in [2.45, 2.75) is 19.5 Å². The van der Waals surface area contributed by atoms with Crippen LogP contribution in [0.3, 0.4) is 0 Å². The number of nitrogens with zero attached hydrogens (tertiary/aromatic N) is 4. The van der Waals surface area contributed by atoms with Gasteiger partial charge in [0.2, 0.25) is 5.95 Å². The summed E-state index contributed by atoms with van der Waals surface area (Å²) < 4.78 is 1.94. The molecule has 0 aliphatic carbocycles. The number of hydrogen-bond donors (Lipinski definition) is 1. The zero-order chi connectivity index (χ0) is 14.5. The molecule has 0 saturated heterocycles. The number of benzene rings is 1. The van der Waals surface area contributed by atoms with Crippen molar-refractivity contribution in [2.75, 3.05) is 5.32 Å². The van der Waals surface area contributed by atoms with E-state index < -0.39 is 0 Å². The van der Waals surface area contributed by atoms with E-state index in [0.717, 1.165) is 12.1 Å². The van der Waals surface area contributed by atoms with Crippen LogP contribution in [-0.2, 0) is 6.54 Å². The Hall–Kier alpha value is -2.69. The SMILES string of the molecule is CC(Nc1ncccn1)c1cnn(Cc2ccccc2)c1. The van der Waals surface area contributed by atoms with Gasteiger partial charge >= 0.3 is 0 Å². The quantitative estimate of drug-likeness (QED) is 0.780. The molecule has 0 radical (unpaired) electrons. The fraction of sp³-hybridized carbons (Fsp3) is 0.188. The molecule has 0 bridgehead atoms. The second-order valence-corrected chi connectivity index (χ2v) is 4.90. The van der Waals surface area contributed by atoms with Crippen LogP contribution in [0.25, 0.3) is 0 Å². The van der Waals surface area contributed by atoms with Gasteiger partial charge in [0, 0.05) is 24.2 Å². The summed E-state index contributed by atoms with van der Waals surface area (Å²) in [6, 6.07) is 12.2. The van der Waals surface area contributed by atoms with Crippen molar-refractivity contribution in [2.24, 2.45) is 0 Å². The van der Waals surface area contributed by atoms with E-state index in [1.54, 1.807) is 18.5 Å². The summed E-state index contributed by atoms with van der Waals surface area (Å²) in [6.45, 7) is 2.84. The first-order valence-electron chi connectivity index (χ1n) is 6.91. The Kier molecular flexibility index (Phi) is 3.91. The third-order valence-electron chi connectivity index (χ3n) is 3.25. The molecular formula is C16H17N5. The third kappa shape index (κ3) is 3.45. The predicted molar refractivity (Wildman–Crippen MR) is 81.8 cm³/mol. The minimum atomic E-state index is 0.108. The van der Waals surface area contributed by atoms with Crippen molar-refractivity contribution in [3.63, 3.8) is 0 Å². The fourth-order valence-corrected chi connectivity index (χ4v) is 2.11. The van der Waals surface area contributed by atoms with Gasteiger partial charge in [-0.25, -0.2) is 9.97 Å². The van der Waals surface area contributed by atoms with E-state index in [1.165, 1.54) is 5.56 Å². The second-order valence-electron chi connectivity index (χ2n) is 4.90. The molecule has 5 heteroatoms. The van der Waals surface area contributed by atoms with E-state index in [4.69, 9.17) is 0 Å². The average molecular weight is 279 g/mol. The normalized spacial score (nSPS) is 12.0. The van der Waals surface area contributed by atoms with Crippen molar-refractivity contribution in [3.8, 4) is 0 Å². The van der Waals surface area contributed by atoms with E-state index in [1.807, 2.05) is 35.3 Å². The van der Waals surface area contributed by atoms with Gasteiger partial charge in [0.25, 0.3) is 0 Å². The van der Waals surface area contributed by atoms with Gasteiger partial charge in [-0.3, -0.25) is 4.68 Å². The summed E-state index contributed by atoms with van der Waals surface area (Å²) >= 11 is 0. The maximum atomic E-state index is 4.41. The summed E-state index contributed by atoms with van der Waals surface area (Å²) in [5.74, 6) is 0.626. The van der Waals surface area contributed by atoms with Crippen molar-refractivity contribution < 1.29 is 0 Å². The molecule has 1 unspecified atom stereocenters. The summed E-state index contributed by atoms with van der Waals surface area (Å²) in [5, 5.41) is 7.67. The van der Waals surface area contributed by atoms with Crippen LogP contribution in [-0.4, -0.2) is 19.7 Å². The smallest absolute Gasteiger partial charge is 0.223 e. The lowest BCUT2D eigenvalue weighted by Gasteiger charge is -2.11. The first kappa shape index (κ1) is 13.3. The van der Waals surface area contributed by atoms with E-state index in [2.05, 4.69) is 39.4 Å². The Morgan fingerprint density at radius 3 is 2.62 bits per heavy atom. The van der Waals surface area contributed by atoms with Crippen LogP contribution in [0.1, 0.15) is 24.1 Å². The van der Waals surface area contributed by atoms with Crippen LogP contribution in [0.5, 0.6) is 0 Å². The molecule has 2 aromatic heterocycles. The fourth-order valence-electron chi connectivity index (χ4n) is 2.11. The Balaban J connectivity index is 1.67. The number of aromatic nitrogens is 4. The molecular weight excluding hydrogens is 262 g/mol. The minimum absolute atomic E-state index is 0.108. The Morgan fingerprint density at radius 1 is 1.10 bits per heavy atom. The van der Waals surface area contributed by atoms with E-state index in [-0.39, 0.29) is 6.04 Å². The highest BCUT2D eigenvalue weighted by molar-refractivity contribution is 5.28. The monoisotopic (exact) mass is 279 g/mol. The average Bonchev–Trinajstić information content (AvgIpc) is 2.98. The number of rotatable bonds is 5. The highest BCUT2D eigenvalue weighted by atomic mass is 15.3. The molecule has 0 aliphatic heterocycles. The molecule has 3 aromatic rings. The molecule has 1 N–H and O–H groups in total. The van der Waals surface area contributed by atoms with Gasteiger partial charge in [0.05, 0.1) is 18.8 Å². The topological polar surface area (TPSA) is 55.6 Å². The van der Waals surface area contributed by atoms with E-state index in [0.29, 0.717) is 5.95 Å². The predicted octanol–water partition coefficient (Wildman–Crippen LogP) is 2.89. The van der Waals surface area contributed by atoms with Gasteiger partial charge in [-0.1, -0.05) is 30.3 Å². The molecule has 1 aromatic carbocycles. The van der Waals surface area contributed by atoms with Crippen LogP contribution in [0, 0.1) is 0 Å². The third-order valence-corrected chi connectivity index (χ3v) is 3.25. The molecule has 0 aliphatic rings. The highest BCUT2D eigenvalue weighted by Gasteiger charge is 2.09.